The van der Waals surface area contributed by atoms with Crippen molar-refractivity contribution in [2.45, 2.75) is 19.4 Å². The number of urea groups is 1. The highest BCUT2D eigenvalue weighted by Gasteiger charge is 2.38. The Morgan fingerprint density at radius 3 is 2.67 bits per heavy atom. The molecule has 1 saturated heterocycles. The molecule has 4 amide bonds. The van der Waals surface area contributed by atoms with Gasteiger partial charge in [0.1, 0.15) is 13.1 Å². The van der Waals surface area contributed by atoms with Gasteiger partial charge in [-0.25, -0.2) is 4.79 Å². The van der Waals surface area contributed by atoms with Crippen LogP contribution < -0.4 is 4.90 Å². The number of anilines is 1. The zero-order valence-electron chi connectivity index (χ0n) is 12.1. The molecule has 1 atom stereocenters. The molecule has 2 aliphatic heterocycles. The summed E-state index contributed by atoms with van der Waals surface area (Å²) in [6, 6.07) is 7.36. The zero-order valence-corrected chi connectivity index (χ0v) is 12.1. The third-order valence-corrected chi connectivity index (χ3v) is 4.00. The van der Waals surface area contributed by atoms with Crippen LogP contribution in [0.3, 0.4) is 0 Å². The molecular formula is C15H17N3O3. The van der Waals surface area contributed by atoms with E-state index in [1.807, 2.05) is 31.2 Å². The van der Waals surface area contributed by atoms with Crippen LogP contribution in [0.2, 0.25) is 0 Å². The van der Waals surface area contributed by atoms with Crippen molar-refractivity contribution in [1.82, 2.24) is 9.80 Å². The van der Waals surface area contributed by atoms with Crippen LogP contribution in [0, 0.1) is 0 Å². The number of para-hydroxylation sites is 1. The Hall–Kier alpha value is -2.37. The third kappa shape index (κ3) is 2.16. The summed E-state index contributed by atoms with van der Waals surface area (Å²) in [6.07, 6.45) is 0.795. The topological polar surface area (TPSA) is 60.9 Å². The molecule has 6 heteroatoms. The molecule has 1 aromatic carbocycles. The molecule has 110 valence electrons. The maximum Gasteiger partial charge on any atom is 0.327 e. The number of hydrogen-bond acceptors (Lipinski definition) is 3. The number of hydrogen-bond donors (Lipinski definition) is 0. The summed E-state index contributed by atoms with van der Waals surface area (Å²) in [5, 5.41) is 0. The fourth-order valence-corrected chi connectivity index (χ4v) is 2.98. The molecule has 0 radical (unpaired) electrons. The van der Waals surface area contributed by atoms with E-state index < -0.39 is 6.03 Å². The lowest BCUT2D eigenvalue weighted by molar-refractivity contribution is -0.129. The molecule has 1 aromatic rings. The van der Waals surface area contributed by atoms with Gasteiger partial charge in [0.25, 0.3) is 5.91 Å². The standard InChI is InChI=1S/C15H17N3O3/c1-10-7-11-5-3-4-6-12(11)18(10)14(20)9-17-13(19)8-16(2)15(17)21/h3-6,10H,7-9H2,1-2H3/t10-/m1/s1. The average molecular weight is 287 g/mol. The average Bonchev–Trinajstić information content (AvgIpc) is 2.89. The van der Waals surface area contributed by atoms with Crippen molar-refractivity contribution in [3.63, 3.8) is 0 Å². The predicted molar refractivity (Wildman–Crippen MR) is 76.8 cm³/mol. The third-order valence-electron chi connectivity index (χ3n) is 4.00. The van der Waals surface area contributed by atoms with Gasteiger partial charge in [0.2, 0.25) is 5.91 Å². The summed E-state index contributed by atoms with van der Waals surface area (Å²) in [5.41, 5.74) is 2.00. The normalized spacial score (nSPS) is 21.2. The number of nitrogens with zero attached hydrogens (tertiary/aromatic N) is 3. The van der Waals surface area contributed by atoms with Gasteiger partial charge in [-0.3, -0.25) is 14.5 Å². The Bertz CT molecular complexity index is 628. The van der Waals surface area contributed by atoms with E-state index in [2.05, 4.69) is 0 Å². The maximum atomic E-state index is 12.5. The van der Waals surface area contributed by atoms with Gasteiger partial charge in [-0.2, -0.15) is 0 Å². The molecular weight excluding hydrogens is 270 g/mol. The molecule has 21 heavy (non-hydrogen) atoms. The molecule has 2 heterocycles. The molecule has 3 rings (SSSR count). The van der Waals surface area contributed by atoms with Crippen LogP contribution >= 0.6 is 0 Å². The van der Waals surface area contributed by atoms with Crippen molar-refractivity contribution >= 4 is 23.5 Å². The molecule has 0 saturated carbocycles. The Balaban J connectivity index is 1.80. The van der Waals surface area contributed by atoms with Gasteiger partial charge < -0.3 is 9.80 Å². The van der Waals surface area contributed by atoms with E-state index in [1.165, 1.54) is 4.90 Å². The summed E-state index contributed by atoms with van der Waals surface area (Å²) in [6.45, 7) is 1.82. The second-order valence-electron chi connectivity index (χ2n) is 5.56. The van der Waals surface area contributed by atoms with Crippen LogP contribution in [0.4, 0.5) is 10.5 Å². The highest BCUT2D eigenvalue weighted by atomic mass is 16.2. The number of amides is 4. The van der Waals surface area contributed by atoms with Crippen LogP contribution in [0.1, 0.15) is 12.5 Å². The second kappa shape index (κ2) is 4.87. The van der Waals surface area contributed by atoms with Crippen LogP contribution in [0.5, 0.6) is 0 Å². The van der Waals surface area contributed by atoms with Gasteiger partial charge in [-0.05, 0) is 25.0 Å². The largest absolute Gasteiger partial charge is 0.327 e. The second-order valence-corrected chi connectivity index (χ2v) is 5.56. The molecule has 1 fully saturated rings. The summed E-state index contributed by atoms with van der Waals surface area (Å²) >= 11 is 0. The van der Waals surface area contributed by atoms with Crippen LogP contribution in [0.25, 0.3) is 0 Å². The first-order valence-corrected chi connectivity index (χ1v) is 6.94. The fourth-order valence-electron chi connectivity index (χ4n) is 2.98. The van der Waals surface area contributed by atoms with Gasteiger partial charge in [0.05, 0.1) is 0 Å². The number of carbonyl (C=O) groups is 3. The number of fused-ring (bicyclic) bond motifs is 1. The molecule has 2 aliphatic rings. The number of benzene rings is 1. The van der Waals surface area contributed by atoms with Gasteiger partial charge in [0.15, 0.2) is 0 Å². The Kier molecular flexibility index (Phi) is 3.16. The molecule has 0 unspecified atom stereocenters. The van der Waals surface area contributed by atoms with E-state index in [0.29, 0.717) is 0 Å². The summed E-state index contributed by atoms with van der Waals surface area (Å²) < 4.78 is 0. The fraction of sp³-hybridized carbons (Fsp3) is 0.400. The number of likely N-dealkylation sites (N-methyl/N-ethyl adjacent to an activating group) is 1. The van der Waals surface area contributed by atoms with Gasteiger partial charge in [-0.15, -0.1) is 0 Å². The van der Waals surface area contributed by atoms with Crippen molar-refractivity contribution < 1.29 is 14.4 Å². The molecule has 0 aliphatic carbocycles. The van der Waals surface area contributed by atoms with Crippen LogP contribution in [-0.4, -0.2) is 53.8 Å². The molecule has 0 N–H and O–H groups in total. The van der Waals surface area contributed by atoms with Gasteiger partial charge in [0, 0.05) is 18.8 Å². The zero-order chi connectivity index (χ0) is 15.1. The van der Waals surface area contributed by atoms with Gasteiger partial charge >= 0.3 is 6.03 Å². The minimum Gasteiger partial charge on any atom is -0.318 e. The van der Waals surface area contributed by atoms with Crippen LogP contribution in [0.15, 0.2) is 24.3 Å². The quantitative estimate of drug-likeness (QED) is 0.758. The highest BCUT2D eigenvalue weighted by Crippen LogP contribution is 2.32. The molecule has 6 nitrogen and oxygen atoms in total. The molecule has 0 spiro atoms. The van der Waals surface area contributed by atoms with E-state index in [0.717, 1.165) is 22.6 Å². The van der Waals surface area contributed by atoms with Crippen molar-refractivity contribution in [2.24, 2.45) is 0 Å². The molecule has 0 aromatic heterocycles. The van der Waals surface area contributed by atoms with E-state index in [9.17, 15) is 14.4 Å². The minimum atomic E-state index is -0.409. The Labute approximate surface area is 122 Å². The lowest BCUT2D eigenvalue weighted by Gasteiger charge is -2.24. The van der Waals surface area contributed by atoms with Crippen molar-refractivity contribution in [3.8, 4) is 0 Å². The monoisotopic (exact) mass is 287 g/mol. The van der Waals surface area contributed by atoms with Crippen molar-refractivity contribution in [1.29, 1.82) is 0 Å². The Morgan fingerprint density at radius 2 is 2.00 bits per heavy atom. The maximum absolute atomic E-state index is 12.5. The summed E-state index contributed by atoms with van der Waals surface area (Å²) in [7, 11) is 1.55. The first kappa shape index (κ1) is 13.6. The SMILES string of the molecule is C[C@@H]1Cc2ccccc2N1C(=O)CN1C(=O)CN(C)C1=O. The van der Waals surface area contributed by atoms with E-state index in [-0.39, 0.29) is 30.9 Å². The van der Waals surface area contributed by atoms with E-state index in [1.54, 1.807) is 11.9 Å². The highest BCUT2D eigenvalue weighted by molar-refractivity contribution is 6.07. The van der Waals surface area contributed by atoms with Crippen molar-refractivity contribution in [2.75, 3.05) is 25.0 Å². The summed E-state index contributed by atoms with van der Waals surface area (Å²) in [4.78, 5) is 40.2. The van der Waals surface area contributed by atoms with Gasteiger partial charge in [-0.1, -0.05) is 18.2 Å². The first-order valence-electron chi connectivity index (χ1n) is 6.94. The lowest BCUT2D eigenvalue weighted by atomic mass is 10.1. The summed E-state index contributed by atoms with van der Waals surface area (Å²) in [5.74, 6) is -0.541. The smallest absolute Gasteiger partial charge is 0.318 e. The first-order chi connectivity index (χ1) is 9.99. The Morgan fingerprint density at radius 1 is 1.29 bits per heavy atom. The van der Waals surface area contributed by atoms with E-state index >= 15 is 0 Å². The van der Waals surface area contributed by atoms with Crippen molar-refractivity contribution in [3.05, 3.63) is 29.8 Å². The predicted octanol–water partition coefficient (Wildman–Crippen LogP) is 0.858. The lowest BCUT2D eigenvalue weighted by Crippen LogP contribution is -2.45. The molecule has 0 bridgehead atoms. The number of rotatable bonds is 2. The van der Waals surface area contributed by atoms with Crippen LogP contribution in [-0.2, 0) is 16.0 Å². The number of carbonyl (C=O) groups excluding carboxylic acids is 3. The minimum absolute atomic E-state index is 0.0399. The number of imide groups is 1. The van der Waals surface area contributed by atoms with E-state index in [4.69, 9.17) is 0 Å².